The van der Waals surface area contributed by atoms with E-state index < -0.39 is 0 Å². The number of ether oxygens (including phenoxy) is 1. The second-order valence-electron chi connectivity index (χ2n) is 6.00. The first-order valence-electron chi connectivity index (χ1n) is 7.62. The Morgan fingerprint density at radius 1 is 1.33 bits per heavy atom. The lowest BCUT2D eigenvalue weighted by molar-refractivity contribution is 0.0753. The monoisotopic (exact) mass is 308 g/mol. The Morgan fingerprint density at radius 3 is 2.95 bits per heavy atom. The van der Waals surface area contributed by atoms with E-state index in [1.165, 1.54) is 25.0 Å². The van der Waals surface area contributed by atoms with Crippen molar-refractivity contribution >= 4 is 22.6 Å². The van der Waals surface area contributed by atoms with Crippen LogP contribution in [0.1, 0.15) is 31.1 Å². The van der Waals surface area contributed by atoms with Gasteiger partial charge in [0.25, 0.3) is 0 Å². The van der Waals surface area contributed by atoms with Gasteiger partial charge < -0.3 is 9.30 Å². The molecule has 1 aromatic heterocycles. The second-order valence-corrected chi connectivity index (χ2v) is 6.38. The van der Waals surface area contributed by atoms with Crippen LogP contribution in [0.3, 0.4) is 0 Å². The van der Waals surface area contributed by atoms with Gasteiger partial charge in [-0.1, -0.05) is 0 Å². The zero-order valence-electron chi connectivity index (χ0n) is 11.8. The molecule has 0 bridgehead atoms. The van der Waals surface area contributed by atoms with Crippen LogP contribution in [0, 0.1) is 11.7 Å². The summed E-state index contributed by atoms with van der Waals surface area (Å²) in [4.78, 5) is 4.60. The van der Waals surface area contributed by atoms with Gasteiger partial charge in [0, 0.05) is 25.0 Å². The van der Waals surface area contributed by atoms with Crippen molar-refractivity contribution in [2.24, 2.45) is 5.92 Å². The number of aromatic nitrogens is 2. The van der Waals surface area contributed by atoms with E-state index in [4.69, 9.17) is 16.3 Å². The zero-order valence-corrected chi connectivity index (χ0v) is 12.5. The first kappa shape index (κ1) is 13.5. The molecular formula is C16H18ClFN2O. The van der Waals surface area contributed by atoms with E-state index in [-0.39, 0.29) is 11.9 Å². The summed E-state index contributed by atoms with van der Waals surface area (Å²) in [5, 5.41) is 0. The standard InChI is InChI=1S/C16H18ClFN2O/c17-7-5-15-19-12-9-11(18)3-4-13(12)20(15)14-6-8-21-16(14)10-1-2-10/h3-4,9-10,14,16H,1-2,5-8H2. The van der Waals surface area contributed by atoms with Crippen molar-refractivity contribution in [1.82, 2.24) is 9.55 Å². The summed E-state index contributed by atoms with van der Waals surface area (Å²) in [6, 6.07) is 5.15. The van der Waals surface area contributed by atoms with Gasteiger partial charge in [-0.2, -0.15) is 0 Å². The fraction of sp³-hybridized carbons (Fsp3) is 0.562. The van der Waals surface area contributed by atoms with Gasteiger partial charge >= 0.3 is 0 Å². The number of alkyl halides is 1. The summed E-state index contributed by atoms with van der Waals surface area (Å²) in [5.74, 6) is 1.91. The molecule has 1 aliphatic carbocycles. The largest absolute Gasteiger partial charge is 0.376 e. The Bertz CT molecular complexity index is 668. The maximum atomic E-state index is 13.5. The molecule has 1 aliphatic heterocycles. The molecule has 5 heteroatoms. The van der Waals surface area contributed by atoms with Crippen LogP contribution in [-0.2, 0) is 11.2 Å². The lowest BCUT2D eigenvalue weighted by atomic mass is 10.1. The molecule has 0 spiro atoms. The number of hydrogen-bond donors (Lipinski definition) is 0. The quantitative estimate of drug-likeness (QED) is 0.805. The Balaban J connectivity index is 1.82. The van der Waals surface area contributed by atoms with Crippen molar-refractivity contribution < 1.29 is 9.13 Å². The second kappa shape index (κ2) is 5.25. The van der Waals surface area contributed by atoms with E-state index in [1.807, 2.05) is 6.07 Å². The highest BCUT2D eigenvalue weighted by atomic mass is 35.5. The maximum Gasteiger partial charge on any atom is 0.125 e. The van der Waals surface area contributed by atoms with Crippen molar-refractivity contribution in [3.05, 3.63) is 29.8 Å². The van der Waals surface area contributed by atoms with Crippen LogP contribution in [0.15, 0.2) is 18.2 Å². The minimum Gasteiger partial charge on any atom is -0.376 e. The molecule has 2 fully saturated rings. The van der Waals surface area contributed by atoms with Crippen molar-refractivity contribution in [3.63, 3.8) is 0 Å². The third-order valence-corrected chi connectivity index (χ3v) is 4.75. The summed E-state index contributed by atoms with van der Waals surface area (Å²) in [7, 11) is 0. The predicted octanol–water partition coefficient (Wildman–Crippen LogP) is 3.70. The molecule has 2 aliphatic rings. The summed E-state index contributed by atoms with van der Waals surface area (Å²) in [6.07, 6.45) is 4.49. The molecule has 0 amide bonds. The van der Waals surface area contributed by atoms with Gasteiger partial charge in [0.2, 0.25) is 0 Å². The Labute approximate surface area is 128 Å². The molecule has 3 nitrogen and oxygen atoms in total. The average Bonchev–Trinajstić information content (AvgIpc) is 3.09. The van der Waals surface area contributed by atoms with Crippen LogP contribution in [0.5, 0.6) is 0 Å². The lowest BCUT2D eigenvalue weighted by Gasteiger charge is -2.22. The summed E-state index contributed by atoms with van der Waals surface area (Å²) < 4.78 is 21.7. The first-order valence-corrected chi connectivity index (χ1v) is 8.15. The summed E-state index contributed by atoms with van der Waals surface area (Å²) in [5.41, 5.74) is 1.72. The van der Waals surface area contributed by atoms with Gasteiger partial charge in [0.15, 0.2) is 0 Å². The number of fused-ring (bicyclic) bond motifs is 1. The van der Waals surface area contributed by atoms with Crippen molar-refractivity contribution in [2.45, 2.75) is 37.8 Å². The van der Waals surface area contributed by atoms with Crippen molar-refractivity contribution in [2.75, 3.05) is 12.5 Å². The lowest BCUT2D eigenvalue weighted by Crippen LogP contribution is -2.23. The molecule has 2 heterocycles. The molecule has 1 saturated heterocycles. The van der Waals surface area contributed by atoms with Crippen LogP contribution >= 0.6 is 11.6 Å². The SMILES string of the molecule is Fc1ccc2c(c1)nc(CCCl)n2C1CCOC1C1CC1. The molecule has 2 atom stereocenters. The molecule has 1 saturated carbocycles. The fourth-order valence-corrected chi connectivity index (χ4v) is 3.67. The van der Waals surface area contributed by atoms with Crippen LogP contribution < -0.4 is 0 Å². The minimum absolute atomic E-state index is 0.244. The number of nitrogens with zero attached hydrogens (tertiary/aromatic N) is 2. The van der Waals surface area contributed by atoms with E-state index in [2.05, 4.69) is 9.55 Å². The molecular weight excluding hydrogens is 291 g/mol. The Kier molecular flexibility index (Phi) is 3.38. The van der Waals surface area contributed by atoms with Crippen LogP contribution in [0.25, 0.3) is 11.0 Å². The number of halogens is 2. The van der Waals surface area contributed by atoms with Crippen LogP contribution in [0.4, 0.5) is 4.39 Å². The van der Waals surface area contributed by atoms with E-state index >= 15 is 0 Å². The van der Waals surface area contributed by atoms with E-state index in [1.54, 1.807) is 0 Å². The van der Waals surface area contributed by atoms with E-state index in [0.717, 1.165) is 29.9 Å². The topological polar surface area (TPSA) is 27.1 Å². The van der Waals surface area contributed by atoms with Crippen molar-refractivity contribution in [1.29, 1.82) is 0 Å². The van der Waals surface area contributed by atoms with Gasteiger partial charge in [-0.25, -0.2) is 9.37 Å². The highest BCUT2D eigenvalue weighted by Gasteiger charge is 2.42. The Hall–Kier alpha value is -1.13. The highest BCUT2D eigenvalue weighted by Crippen LogP contribution is 2.44. The Morgan fingerprint density at radius 2 is 2.19 bits per heavy atom. The van der Waals surface area contributed by atoms with Crippen LogP contribution in [0.2, 0.25) is 0 Å². The third-order valence-electron chi connectivity index (χ3n) is 4.56. The molecule has 2 unspecified atom stereocenters. The number of hydrogen-bond acceptors (Lipinski definition) is 2. The summed E-state index contributed by atoms with van der Waals surface area (Å²) >= 11 is 5.93. The molecule has 1 aromatic carbocycles. The van der Waals surface area contributed by atoms with Gasteiger partial charge in [-0.3, -0.25) is 0 Å². The number of aryl methyl sites for hydroxylation is 1. The minimum atomic E-state index is -0.244. The van der Waals surface area contributed by atoms with Crippen LogP contribution in [-0.4, -0.2) is 28.1 Å². The normalized spacial score (nSPS) is 25.8. The molecule has 0 radical (unpaired) electrons. The third kappa shape index (κ3) is 2.34. The predicted molar refractivity (Wildman–Crippen MR) is 80.2 cm³/mol. The molecule has 2 aromatic rings. The first-order chi connectivity index (χ1) is 10.3. The van der Waals surface area contributed by atoms with Crippen molar-refractivity contribution in [3.8, 4) is 0 Å². The number of benzene rings is 1. The van der Waals surface area contributed by atoms with Gasteiger partial charge in [-0.05, 0) is 37.3 Å². The van der Waals surface area contributed by atoms with E-state index in [0.29, 0.717) is 24.3 Å². The molecule has 0 N–H and O–H groups in total. The zero-order chi connectivity index (χ0) is 14.4. The summed E-state index contributed by atoms with van der Waals surface area (Å²) in [6.45, 7) is 0.799. The van der Waals surface area contributed by atoms with Gasteiger partial charge in [0.05, 0.1) is 23.2 Å². The molecule has 21 heavy (non-hydrogen) atoms. The van der Waals surface area contributed by atoms with E-state index in [9.17, 15) is 4.39 Å². The fourth-order valence-electron chi connectivity index (χ4n) is 3.50. The molecule has 112 valence electrons. The smallest absolute Gasteiger partial charge is 0.125 e. The van der Waals surface area contributed by atoms with Gasteiger partial charge in [-0.15, -0.1) is 11.6 Å². The number of rotatable bonds is 4. The van der Waals surface area contributed by atoms with Gasteiger partial charge in [0.1, 0.15) is 11.6 Å². The average molecular weight is 309 g/mol. The highest BCUT2D eigenvalue weighted by molar-refractivity contribution is 6.17. The number of imidazole rings is 1. The molecule has 4 rings (SSSR count). The maximum absolute atomic E-state index is 13.5.